The lowest BCUT2D eigenvalue weighted by atomic mass is 10.1. The molecule has 1 aliphatic rings. The fourth-order valence-corrected chi connectivity index (χ4v) is 2.01. The van der Waals surface area contributed by atoms with Gasteiger partial charge in [-0.15, -0.1) is 5.10 Å². The van der Waals surface area contributed by atoms with Crippen LogP contribution < -0.4 is 0 Å². The number of aromatic nitrogens is 3. The average Bonchev–Trinajstić information content (AvgIpc) is 2.93. The second-order valence-electron chi connectivity index (χ2n) is 4.51. The normalized spacial score (nSPS) is 14.8. The van der Waals surface area contributed by atoms with Crippen molar-refractivity contribution in [1.82, 2.24) is 19.5 Å². The quantitative estimate of drug-likeness (QED) is 0.811. The van der Waals surface area contributed by atoms with E-state index in [1.807, 2.05) is 20.2 Å². The summed E-state index contributed by atoms with van der Waals surface area (Å²) in [6.07, 6.45) is 6.73. The van der Waals surface area contributed by atoms with Crippen molar-refractivity contribution in [2.75, 3.05) is 14.1 Å². The Morgan fingerprint density at radius 3 is 2.83 bits per heavy atom. The SMILES string of the molecule is CN(C)C1=CC=C(c2cn3nc(F)ccc3n2)C1. The number of halogens is 1. The number of hydrogen-bond donors (Lipinski definition) is 0. The lowest BCUT2D eigenvalue weighted by molar-refractivity contribution is 0.506. The van der Waals surface area contributed by atoms with Gasteiger partial charge < -0.3 is 4.90 Å². The van der Waals surface area contributed by atoms with Crippen LogP contribution in [0.2, 0.25) is 0 Å². The van der Waals surface area contributed by atoms with Crippen molar-refractivity contribution in [1.29, 1.82) is 0 Å². The van der Waals surface area contributed by atoms with Crippen LogP contribution in [0.3, 0.4) is 0 Å². The van der Waals surface area contributed by atoms with Gasteiger partial charge in [-0.2, -0.15) is 4.39 Å². The Labute approximate surface area is 104 Å². The van der Waals surface area contributed by atoms with Gasteiger partial charge in [-0.1, -0.05) is 6.08 Å². The molecule has 0 atom stereocenters. The molecule has 0 saturated carbocycles. The highest BCUT2D eigenvalue weighted by Gasteiger charge is 2.14. The molecule has 0 saturated heterocycles. The minimum atomic E-state index is -0.501. The van der Waals surface area contributed by atoms with Crippen molar-refractivity contribution in [3.63, 3.8) is 0 Å². The average molecular weight is 244 g/mol. The third-order valence-electron chi connectivity index (χ3n) is 3.04. The zero-order chi connectivity index (χ0) is 12.7. The number of hydrogen-bond acceptors (Lipinski definition) is 3. The second-order valence-corrected chi connectivity index (χ2v) is 4.51. The van der Waals surface area contributed by atoms with Gasteiger partial charge in [0.25, 0.3) is 0 Å². The van der Waals surface area contributed by atoms with E-state index in [0.717, 1.165) is 17.7 Å². The zero-order valence-corrected chi connectivity index (χ0v) is 10.3. The molecule has 0 radical (unpaired) electrons. The predicted molar refractivity (Wildman–Crippen MR) is 67.3 cm³/mol. The number of allylic oxidation sites excluding steroid dienone is 3. The van der Waals surface area contributed by atoms with Crippen molar-refractivity contribution >= 4 is 11.2 Å². The first kappa shape index (κ1) is 11.0. The summed E-state index contributed by atoms with van der Waals surface area (Å²) in [6.45, 7) is 0. The molecule has 0 spiro atoms. The monoisotopic (exact) mass is 244 g/mol. The van der Waals surface area contributed by atoms with Gasteiger partial charge >= 0.3 is 0 Å². The summed E-state index contributed by atoms with van der Waals surface area (Å²) in [5.74, 6) is -0.501. The van der Waals surface area contributed by atoms with E-state index in [9.17, 15) is 4.39 Å². The van der Waals surface area contributed by atoms with Crippen molar-refractivity contribution < 1.29 is 4.39 Å². The van der Waals surface area contributed by atoms with Gasteiger partial charge in [0, 0.05) is 26.2 Å². The third-order valence-corrected chi connectivity index (χ3v) is 3.04. The lowest BCUT2D eigenvalue weighted by Crippen LogP contribution is -2.09. The third kappa shape index (κ3) is 1.77. The summed E-state index contributed by atoms with van der Waals surface area (Å²) in [7, 11) is 4.03. The molecule has 18 heavy (non-hydrogen) atoms. The fourth-order valence-electron chi connectivity index (χ4n) is 2.01. The standard InChI is InChI=1S/C13H13FN4/c1-17(2)10-4-3-9(7-10)11-8-18-13(15-11)6-5-12(14)16-18/h3-6,8H,7H2,1-2H3. The van der Waals surface area contributed by atoms with Gasteiger partial charge in [-0.05, 0) is 23.8 Å². The Morgan fingerprint density at radius 2 is 2.11 bits per heavy atom. The summed E-state index contributed by atoms with van der Waals surface area (Å²) in [6, 6.07) is 2.94. The summed E-state index contributed by atoms with van der Waals surface area (Å²) >= 11 is 0. The van der Waals surface area contributed by atoms with Crippen LogP contribution in [0.15, 0.2) is 36.2 Å². The van der Waals surface area contributed by atoms with E-state index in [1.165, 1.54) is 16.3 Å². The van der Waals surface area contributed by atoms with Crippen LogP contribution in [0.4, 0.5) is 4.39 Å². The minimum Gasteiger partial charge on any atom is -0.381 e. The van der Waals surface area contributed by atoms with E-state index in [4.69, 9.17) is 0 Å². The smallest absolute Gasteiger partial charge is 0.231 e. The topological polar surface area (TPSA) is 33.4 Å². The lowest BCUT2D eigenvalue weighted by Gasteiger charge is -2.13. The first-order valence-corrected chi connectivity index (χ1v) is 5.73. The maximum Gasteiger partial charge on any atom is 0.231 e. The van der Waals surface area contributed by atoms with Crippen LogP contribution in [-0.4, -0.2) is 33.6 Å². The maximum atomic E-state index is 13.0. The highest BCUT2D eigenvalue weighted by atomic mass is 19.1. The van der Waals surface area contributed by atoms with Crippen LogP contribution >= 0.6 is 0 Å². The van der Waals surface area contributed by atoms with Gasteiger partial charge in [0.2, 0.25) is 5.95 Å². The molecule has 3 rings (SSSR count). The molecule has 0 fully saturated rings. The Kier molecular flexibility index (Phi) is 2.40. The molecule has 1 aliphatic carbocycles. The molecule has 2 aromatic rings. The fraction of sp³-hybridized carbons (Fsp3) is 0.231. The highest BCUT2D eigenvalue weighted by Crippen LogP contribution is 2.28. The number of fused-ring (bicyclic) bond motifs is 1. The van der Waals surface area contributed by atoms with E-state index < -0.39 is 5.95 Å². The molecule has 0 aliphatic heterocycles. The Morgan fingerprint density at radius 1 is 1.28 bits per heavy atom. The summed E-state index contributed by atoms with van der Waals surface area (Å²) in [5, 5.41) is 3.75. The first-order valence-electron chi connectivity index (χ1n) is 5.73. The Balaban J connectivity index is 1.93. The zero-order valence-electron chi connectivity index (χ0n) is 10.3. The highest BCUT2D eigenvalue weighted by molar-refractivity contribution is 5.71. The van der Waals surface area contributed by atoms with Gasteiger partial charge in [0.05, 0.1) is 11.9 Å². The molecule has 92 valence electrons. The van der Waals surface area contributed by atoms with Crippen molar-refractivity contribution in [2.45, 2.75) is 6.42 Å². The second kappa shape index (κ2) is 3.94. The summed E-state index contributed by atoms with van der Waals surface area (Å²) in [4.78, 5) is 6.52. The van der Waals surface area contributed by atoms with Crippen molar-refractivity contribution in [2.24, 2.45) is 0 Å². The van der Waals surface area contributed by atoms with Crippen LogP contribution in [0.1, 0.15) is 12.1 Å². The number of nitrogens with zero attached hydrogens (tertiary/aromatic N) is 4. The first-order chi connectivity index (χ1) is 8.63. The minimum absolute atomic E-state index is 0.501. The molecule has 0 amide bonds. The van der Waals surface area contributed by atoms with Crippen molar-refractivity contribution in [3.8, 4) is 0 Å². The molecule has 5 heteroatoms. The van der Waals surface area contributed by atoms with Crippen LogP contribution in [0.5, 0.6) is 0 Å². The van der Waals surface area contributed by atoms with E-state index in [2.05, 4.69) is 21.1 Å². The van der Waals surface area contributed by atoms with E-state index >= 15 is 0 Å². The van der Waals surface area contributed by atoms with E-state index in [-0.39, 0.29) is 0 Å². The maximum absolute atomic E-state index is 13.0. The molecule has 2 aromatic heterocycles. The molecular weight excluding hydrogens is 231 g/mol. The molecular formula is C13H13FN4. The molecule has 0 unspecified atom stereocenters. The number of rotatable bonds is 2. The van der Waals surface area contributed by atoms with Crippen LogP contribution in [-0.2, 0) is 0 Å². The van der Waals surface area contributed by atoms with Gasteiger partial charge in [0.1, 0.15) is 0 Å². The Bertz CT molecular complexity index is 667. The Hall–Kier alpha value is -2.17. The van der Waals surface area contributed by atoms with Gasteiger partial charge in [0.15, 0.2) is 5.65 Å². The van der Waals surface area contributed by atoms with E-state index in [0.29, 0.717) is 5.65 Å². The van der Waals surface area contributed by atoms with Crippen LogP contribution in [0.25, 0.3) is 11.2 Å². The molecule has 0 aromatic carbocycles. The molecule has 4 nitrogen and oxygen atoms in total. The largest absolute Gasteiger partial charge is 0.381 e. The van der Waals surface area contributed by atoms with Gasteiger partial charge in [-0.3, -0.25) is 0 Å². The predicted octanol–water partition coefficient (Wildman–Crippen LogP) is 2.10. The molecule has 0 N–H and O–H groups in total. The molecule has 2 heterocycles. The van der Waals surface area contributed by atoms with Crippen molar-refractivity contribution in [3.05, 3.63) is 47.8 Å². The molecule has 0 bridgehead atoms. The summed E-state index contributed by atoms with van der Waals surface area (Å²) in [5.41, 5.74) is 3.87. The van der Waals surface area contributed by atoms with E-state index in [1.54, 1.807) is 12.3 Å². The van der Waals surface area contributed by atoms with Crippen LogP contribution in [0, 0.1) is 5.95 Å². The van der Waals surface area contributed by atoms with Gasteiger partial charge in [-0.25, -0.2) is 9.50 Å². The summed E-state index contributed by atoms with van der Waals surface area (Å²) < 4.78 is 14.5. The number of imidazole rings is 1.